The molecule has 2 aliphatic heterocycles. The summed E-state index contributed by atoms with van der Waals surface area (Å²) in [6.07, 6.45) is 2.43. The quantitative estimate of drug-likeness (QED) is 0.902. The number of nitriles is 1. The van der Waals surface area contributed by atoms with Crippen LogP contribution in [0.2, 0.25) is 0 Å². The Kier molecular flexibility index (Phi) is 3.89. The van der Waals surface area contributed by atoms with Crippen LogP contribution >= 0.6 is 0 Å². The summed E-state index contributed by atoms with van der Waals surface area (Å²) >= 11 is 0. The first-order valence-electron chi connectivity index (χ1n) is 7.37. The molecule has 2 aliphatic rings. The van der Waals surface area contributed by atoms with Crippen molar-refractivity contribution in [1.29, 1.82) is 5.26 Å². The number of piperidine rings is 2. The van der Waals surface area contributed by atoms with Crippen LogP contribution in [0, 0.1) is 23.1 Å². The van der Waals surface area contributed by atoms with Crippen molar-refractivity contribution in [3.05, 3.63) is 35.1 Å². The van der Waals surface area contributed by atoms with Crippen LogP contribution in [0.25, 0.3) is 0 Å². The van der Waals surface area contributed by atoms with E-state index < -0.39 is 5.82 Å². The van der Waals surface area contributed by atoms with Crippen molar-refractivity contribution >= 4 is 5.91 Å². The van der Waals surface area contributed by atoms with Crippen molar-refractivity contribution < 1.29 is 9.18 Å². The van der Waals surface area contributed by atoms with Crippen LogP contribution < -0.4 is 5.32 Å². The normalized spacial score (nSPS) is 25.3. The second-order valence-electron chi connectivity index (χ2n) is 5.84. The summed E-state index contributed by atoms with van der Waals surface area (Å²) in [7, 11) is 0. The Labute approximate surface area is 123 Å². The maximum Gasteiger partial charge on any atom is 0.223 e. The van der Waals surface area contributed by atoms with Gasteiger partial charge < -0.3 is 10.2 Å². The average Bonchev–Trinajstić information content (AvgIpc) is 2.49. The topological polar surface area (TPSA) is 56.1 Å². The maximum absolute atomic E-state index is 13.5. The number of nitrogens with zero attached hydrogens (tertiary/aromatic N) is 2. The molecular formula is C16H18FN3O. The number of carbonyl (C=O) groups is 1. The lowest BCUT2D eigenvalue weighted by Gasteiger charge is -2.44. The van der Waals surface area contributed by atoms with Crippen LogP contribution in [0.3, 0.4) is 0 Å². The third-order valence-electron chi connectivity index (χ3n) is 4.46. The Hall–Kier alpha value is -1.93. The molecule has 0 bridgehead atoms. The van der Waals surface area contributed by atoms with E-state index in [2.05, 4.69) is 5.32 Å². The van der Waals surface area contributed by atoms with E-state index in [-0.39, 0.29) is 11.9 Å². The Morgan fingerprint density at radius 2 is 2.24 bits per heavy atom. The van der Waals surface area contributed by atoms with Crippen LogP contribution in [0.5, 0.6) is 0 Å². The maximum atomic E-state index is 13.5. The van der Waals surface area contributed by atoms with Gasteiger partial charge in [0.25, 0.3) is 0 Å². The molecule has 1 aromatic carbocycles. The van der Waals surface area contributed by atoms with E-state index in [0.29, 0.717) is 30.0 Å². The predicted octanol–water partition coefficient (Wildman–Crippen LogP) is 1.80. The van der Waals surface area contributed by atoms with E-state index in [9.17, 15) is 9.18 Å². The SMILES string of the molecule is N#Cc1cc(F)cc(CN2C(=O)CCC3CNCCC32)c1. The van der Waals surface area contributed by atoms with E-state index in [1.54, 1.807) is 6.07 Å². The highest BCUT2D eigenvalue weighted by Crippen LogP contribution is 2.30. The van der Waals surface area contributed by atoms with Gasteiger partial charge in [0.15, 0.2) is 0 Å². The first kappa shape index (κ1) is 14.0. The first-order valence-corrected chi connectivity index (χ1v) is 7.37. The van der Waals surface area contributed by atoms with Gasteiger partial charge in [0.1, 0.15) is 5.82 Å². The summed E-state index contributed by atoms with van der Waals surface area (Å²) in [4.78, 5) is 14.1. The van der Waals surface area contributed by atoms with Gasteiger partial charge in [-0.25, -0.2) is 4.39 Å². The fraction of sp³-hybridized carbons (Fsp3) is 0.500. The summed E-state index contributed by atoms with van der Waals surface area (Å²) in [6.45, 7) is 2.25. The number of hydrogen-bond donors (Lipinski definition) is 1. The summed E-state index contributed by atoms with van der Waals surface area (Å²) in [5.74, 6) is 0.205. The van der Waals surface area contributed by atoms with Gasteiger partial charge in [-0.1, -0.05) is 0 Å². The van der Waals surface area contributed by atoms with Gasteiger partial charge in [-0.05, 0) is 55.6 Å². The third kappa shape index (κ3) is 2.91. The molecule has 1 N–H and O–H groups in total. The molecule has 0 radical (unpaired) electrons. The lowest BCUT2D eigenvalue weighted by atomic mass is 9.84. The average molecular weight is 287 g/mol. The molecule has 2 atom stereocenters. The zero-order valence-corrected chi connectivity index (χ0v) is 11.8. The van der Waals surface area contributed by atoms with Gasteiger partial charge in [0, 0.05) is 19.0 Å². The van der Waals surface area contributed by atoms with Crippen molar-refractivity contribution in [2.45, 2.75) is 31.8 Å². The van der Waals surface area contributed by atoms with E-state index >= 15 is 0 Å². The lowest BCUT2D eigenvalue weighted by molar-refractivity contribution is -0.140. The number of amides is 1. The second-order valence-corrected chi connectivity index (χ2v) is 5.84. The summed E-state index contributed by atoms with van der Waals surface area (Å²) < 4.78 is 13.5. The molecule has 1 aromatic rings. The fourth-order valence-corrected chi connectivity index (χ4v) is 3.46. The number of carbonyl (C=O) groups excluding carboxylic acids is 1. The largest absolute Gasteiger partial charge is 0.335 e. The number of halogens is 1. The number of benzene rings is 1. The number of rotatable bonds is 2. The van der Waals surface area contributed by atoms with E-state index in [1.807, 2.05) is 11.0 Å². The second kappa shape index (κ2) is 5.82. The Balaban J connectivity index is 1.83. The molecule has 21 heavy (non-hydrogen) atoms. The van der Waals surface area contributed by atoms with Crippen LogP contribution in [0.1, 0.15) is 30.4 Å². The molecule has 5 heteroatoms. The predicted molar refractivity (Wildman–Crippen MR) is 75.7 cm³/mol. The van der Waals surface area contributed by atoms with Gasteiger partial charge in [0.05, 0.1) is 11.6 Å². The van der Waals surface area contributed by atoms with Crippen molar-refractivity contribution in [3.8, 4) is 6.07 Å². The van der Waals surface area contributed by atoms with Crippen molar-refractivity contribution in [3.63, 3.8) is 0 Å². The molecule has 110 valence electrons. The Morgan fingerprint density at radius 1 is 1.38 bits per heavy atom. The molecule has 4 nitrogen and oxygen atoms in total. The third-order valence-corrected chi connectivity index (χ3v) is 4.46. The molecular weight excluding hydrogens is 269 g/mol. The minimum absolute atomic E-state index is 0.140. The molecule has 3 rings (SSSR count). The Morgan fingerprint density at radius 3 is 3.05 bits per heavy atom. The molecule has 0 aromatic heterocycles. The zero-order valence-electron chi connectivity index (χ0n) is 11.8. The highest BCUT2D eigenvalue weighted by Gasteiger charge is 2.36. The first-order chi connectivity index (χ1) is 10.2. The number of hydrogen-bond acceptors (Lipinski definition) is 3. The van der Waals surface area contributed by atoms with E-state index in [4.69, 9.17) is 5.26 Å². The summed E-state index contributed by atoms with van der Waals surface area (Å²) in [6, 6.07) is 6.50. The fourth-order valence-electron chi connectivity index (χ4n) is 3.46. The molecule has 0 saturated carbocycles. The highest BCUT2D eigenvalue weighted by molar-refractivity contribution is 5.77. The summed E-state index contributed by atoms with van der Waals surface area (Å²) in [5, 5.41) is 12.3. The molecule has 2 heterocycles. The van der Waals surface area contributed by atoms with Crippen LogP contribution in [-0.4, -0.2) is 29.9 Å². The highest BCUT2D eigenvalue weighted by atomic mass is 19.1. The molecule has 2 fully saturated rings. The van der Waals surface area contributed by atoms with E-state index in [0.717, 1.165) is 25.9 Å². The molecule has 2 unspecified atom stereocenters. The molecule has 0 aliphatic carbocycles. The van der Waals surface area contributed by atoms with Gasteiger partial charge in [-0.3, -0.25) is 4.79 Å². The smallest absolute Gasteiger partial charge is 0.223 e. The van der Waals surface area contributed by atoms with Crippen molar-refractivity contribution in [2.75, 3.05) is 13.1 Å². The van der Waals surface area contributed by atoms with Crippen molar-refractivity contribution in [1.82, 2.24) is 10.2 Å². The summed E-state index contributed by atoms with van der Waals surface area (Å²) in [5.41, 5.74) is 0.996. The van der Waals surface area contributed by atoms with Crippen molar-refractivity contribution in [2.24, 2.45) is 5.92 Å². The zero-order chi connectivity index (χ0) is 14.8. The van der Waals surface area contributed by atoms with Gasteiger partial charge in [-0.15, -0.1) is 0 Å². The van der Waals surface area contributed by atoms with Crippen LogP contribution in [-0.2, 0) is 11.3 Å². The number of nitrogens with one attached hydrogen (secondary N) is 1. The standard InChI is InChI=1S/C16H18FN3O/c17-14-6-11(8-18)5-12(7-14)10-20-15-3-4-19-9-13(15)1-2-16(20)21/h5-7,13,15,19H,1-4,9-10H2. The Bertz CT molecular complexity index is 596. The minimum Gasteiger partial charge on any atom is -0.335 e. The van der Waals surface area contributed by atoms with Gasteiger partial charge in [0.2, 0.25) is 5.91 Å². The number of fused-ring (bicyclic) bond motifs is 1. The molecule has 2 saturated heterocycles. The minimum atomic E-state index is -0.421. The lowest BCUT2D eigenvalue weighted by Crippen LogP contribution is -2.54. The van der Waals surface area contributed by atoms with Gasteiger partial charge in [-0.2, -0.15) is 5.26 Å². The van der Waals surface area contributed by atoms with Crippen LogP contribution in [0.4, 0.5) is 4.39 Å². The van der Waals surface area contributed by atoms with E-state index in [1.165, 1.54) is 12.1 Å². The van der Waals surface area contributed by atoms with Crippen LogP contribution in [0.15, 0.2) is 18.2 Å². The molecule has 0 spiro atoms. The molecule has 1 amide bonds. The van der Waals surface area contributed by atoms with Gasteiger partial charge >= 0.3 is 0 Å². The monoisotopic (exact) mass is 287 g/mol. The number of likely N-dealkylation sites (tertiary alicyclic amines) is 1.